The fourth-order valence-corrected chi connectivity index (χ4v) is 2.94. The summed E-state index contributed by atoms with van der Waals surface area (Å²) in [6, 6.07) is 16.2. The summed E-state index contributed by atoms with van der Waals surface area (Å²) in [6.07, 6.45) is 0. The minimum absolute atomic E-state index is 0. The van der Waals surface area contributed by atoms with E-state index in [0.29, 0.717) is 5.39 Å². The molecule has 0 aliphatic carbocycles. The van der Waals surface area contributed by atoms with E-state index in [4.69, 9.17) is 0 Å². The number of fused-ring (bicyclic) bond motifs is 3. The summed E-state index contributed by atoms with van der Waals surface area (Å²) in [7, 11) is -4.20. The molecule has 3 rings (SSSR count). The first-order valence-corrected chi connectivity index (χ1v) is 6.89. The summed E-state index contributed by atoms with van der Waals surface area (Å²) >= 11 is 0. The van der Waals surface area contributed by atoms with Crippen LogP contribution in [0, 0.1) is 0 Å². The van der Waals surface area contributed by atoms with Gasteiger partial charge in [0.05, 0.1) is 0 Å². The molecule has 0 radical (unpaired) electrons. The Bertz CT molecular complexity index is 857. The van der Waals surface area contributed by atoms with Crippen LogP contribution in [0.2, 0.25) is 0 Å². The van der Waals surface area contributed by atoms with Gasteiger partial charge in [-0.25, -0.2) is 0 Å². The van der Waals surface area contributed by atoms with Gasteiger partial charge >= 0.3 is 58.2 Å². The van der Waals surface area contributed by atoms with Gasteiger partial charge in [-0.3, -0.25) is 4.55 Å². The molecule has 0 saturated carbocycles. The summed E-state index contributed by atoms with van der Waals surface area (Å²) in [5.41, 5.74) is 0. The van der Waals surface area contributed by atoms with Crippen LogP contribution in [0.25, 0.3) is 21.5 Å². The Balaban J connectivity index is 0.00000133. The monoisotopic (exact) mass is 344 g/mol. The van der Waals surface area contributed by atoms with Crippen LogP contribution in [0.5, 0.6) is 0 Å². The molecule has 0 bridgehead atoms. The Kier molecular flexibility index (Phi) is 4.60. The average molecular weight is 345 g/mol. The van der Waals surface area contributed by atoms with Crippen molar-refractivity contribution in [1.82, 2.24) is 0 Å². The quantitative estimate of drug-likeness (QED) is 0.545. The molecular formula is C14H11O3RbS. The fourth-order valence-electron chi connectivity index (χ4n) is 2.24. The van der Waals surface area contributed by atoms with Crippen molar-refractivity contribution in [3.63, 3.8) is 0 Å². The van der Waals surface area contributed by atoms with Crippen molar-refractivity contribution in [2.45, 2.75) is 4.90 Å². The van der Waals surface area contributed by atoms with Gasteiger partial charge in [0.2, 0.25) is 0 Å². The molecule has 3 aromatic carbocycles. The maximum absolute atomic E-state index is 11.3. The minimum atomic E-state index is -4.20. The van der Waals surface area contributed by atoms with Crippen molar-refractivity contribution in [3.8, 4) is 0 Å². The van der Waals surface area contributed by atoms with Crippen LogP contribution in [0.4, 0.5) is 0 Å². The van der Waals surface area contributed by atoms with E-state index in [0.717, 1.165) is 16.2 Å². The predicted molar refractivity (Wildman–Crippen MR) is 78.4 cm³/mol. The third-order valence-corrected chi connectivity index (χ3v) is 3.94. The van der Waals surface area contributed by atoms with Crippen LogP contribution >= 0.6 is 0 Å². The molecule has 0 spiro atoms. The zero-order valence-corrected chi connectivity index (χ0v) is 10.2. The third-order valence-electron chi connectivity index (χ3n) is 3.02. The summed E-state index contributed by atoms with van der Waals surface area (Å²) in [5, 5.41) is 3.37. The molecule has 92 valence electrons. The van der Waals surface area contributed by atoms with Crippen molar-refractivity contribution in [2.75, 3.05) is 0 Å². The first-order valence-electron chi connectivity index (χ1n) is 5.45. The second kappa shape index (κ2) is 5.72. The van der Waals surface area contributed by atoms with Crippen LogP contribution < -0.4 is 0 Å². The van der Waals surface area contributed by atoms with E-state index in [1.807, 2.05) is 36.4 Å². The molecule has 0 heterocycles. The number of hydrogen-bond acceptors (Lipinski definition) is 2. The molecule has 1 N–H and O–H groups in total. The molecule has 0 aliphatic heterocycles. The molecule has 0 aromatic heterocycles. The molecule has 3 aromatic rings. The van der Waals surface area contributed by atoms with Gasteiger partial charge in [-0.1, -0.05) is 48.5 Å². The molecule has 0 unspecified atom stereocenters. The predicted octanol–water partition coefficient (Wildman–Crippen LogP) is 2.59. The zero-order chi connectivity index (χ0) is 12.8. The Morgan fingerprint density at radius 2 is 1.42 bits per heavy atom. The van der Waals surface area contributed by atoms with Crippen LogP contribution in [-0.4, -0.2) is 71.2 Å². The van der Waals surface area contributed by atoms with E-state index in [9.17, 15) is 13.0 Å². The molecule has 19 heavy (non-hydrogen) atoms. The summed E-state index contributed by atoms with van der Waals surface area (Å²) in [5.74, 6) is 0. The van der Waals surface area contributed by atoms with Crippen LogP contribution in [-0.2, 0) is 10.1 Å². The van der Waals surface area contributed by atoms with Crippen molar-refractivity contribution >= 4 is 89.9 Å². The Labute approximate surface area is 160 Å². The summed E-state index contributed by atoms with van der Waals surface area (Å²) in [4.78, 5) is -0.0502. The van der Waals surface area contributed by atoms with Crippen molar-refractivity contribution in [1.29, 1.82) is 0 Å². The Hall–Kier alpha value is -0.105. The number of rotatable bonds is 1. The summed E-state index contributed by atoms with van der Waals surface area (Å²) in [6.45, 7) is 0. The first kappa shape index (κ1) is 15.3. The zero-order valence-electron chi connectivity index (χ0n) is 9.37. The van der Waals surface area contributed by atoms with Crippen LogP contribution in [0.1, 0.15) is 0 Å². The molecule has 0 amide bonds. The third kappa shape index (κ3) is 2.84. The van der Waals surface area contributed by atoms with E-state index < -0.39 is 10.1 Å². The van der Waals surface area contributed by atoms with Crippen molar-refractivity contribution in [3.05, 3.63) is 54.6 Å². The number of hydrogen-bond donors (Lipinski definition) is 1. The van der Waals surface area contributed by atoms with Gasteiger partial charge in [-0.2, -0.15) is 8.42 Å². The van der Waals surface area contributed by atoms with Gasteiger partial charge in [-0.05, 0) is 22.2 Å². The number of benzene rings is 3. The molecule has 3 nitrogen and oxygen atoms in total. The molecule has 0 aliphatic rings. The SMILES string of the molecule is O=S(=O)(O)c1cccc2c1ccc1ccccc12.[RbH]. The van der Waals surface area contributed by atoms with Gasteiger partial charge in [0.1, 0.15) is 4.90 Å². The van der Waals surface area contributed by atoms with Crippen molar-refractivity contribution < 1.29 is 13.0 Å². The van der Waals surface area contributed by atoms with Gasteiger partial charge in [0.15, 0.2) is 0 Å². The van der Waals surface area contributed by atoms with E-state index in [1.165, 1.54) is 6.07 Å². The van der Waals surface area contributed by atoms with E-state index in [2.05, 4.69) is 0 Å². The van der Waals surface area contributed by atoms with E-state index in [-0.39, 0.29) is 63.1 Å². The van der Waals surface area contributed by atoms with Crippen LogP contribution in [0.15, 0.2) is 59.5 Å². The standard InChI is InChI=1S/C14H10O3S.Rb.H/c15-18(16,17)14-7-3-6-12-11-5-2-1-4-10(11)8-9-13(12)14;;/h1-9H,(H,15,16,17);;. The Morgan fingerprint density at radius 3 is 2.16 bits per heavy atom. The van der Waals surface area contributed by atoms with Crippen LogP contribution in [0.3, 0.4) is 0 Å². The van der Waals surface area contributed by atoms with E-state index >= 15 is 0 Å². The fraction of sp³-hybridized carbons (Fsp3) is 0. The Morgan fingerprint density at radius 1 is 0.737 bits per heavy atom. The first-order chi connectivity index (χ1) is 8.57. The molecule has 5 heteroatoms. The topological polar surface area (TPSA) is 54.4 Å². The van der Waals surface area contributed by atoms with Gasteiger partial charge in [0.25, 0.3) is 10.1 Å². The van der Waals surface area contributed by atoms with E-state index in [1.54, 1.807) is 12.1 Å². The van der Waals surface area contributed by atoms with Gasteiger partial charge in [0, 0.05) is 5.39 Å². The molecule has 0 atom stereocenters. The molecular weight excluding hydrogens is 334 g/mol. The molecule has 0 saturated heterocycles. The normalized spacial score (nSPS) is 11.4. The second-order valence-corrected chi connectivity index (χ2v) is 5.50. The van der Waals surface area contributed by atoms with Crippen molar-refractivity contribution in [2.24, 2.45) is 0 Å². The maximum atomic E-state index is 11.3. The average Bonchev–Trinajstić information content (AvgIpc) is 2.36. The van der Waals surface area contributed by atoms with Gasteiger partial charge < -0.3 is 0 Å². The molecule has 0 fully saturated rings. The van der Waals surface area contributed by atoms with Gasteiger partial charge in [-0.15, -0.1) is 0 Å². The summed E-state index contributed by atoms with van der Waals surface area (Å²) < 4.78 is 31.9. The second-order valence-electron chi connectivity index (χ2n) is 4.11.